The molecule has 0 saturated heterocycles. The first kappa shape index (κ1) is 13.7. The predicted molar refractivity (Wildman–Crippen MR) is 75.5 cm³/mol. The fourth-order valence-corrected chi connectivity index (χ4v) is 5.37. The quantitative estimate of drug-likeness (QED) is 0.812. The molecule has 2 nitrogen and oxygen atoms in total. The van der Waals surface area contributed by atoms with Gasteiger partial charge in [-0.25, -0.2) is 0 Å². The van der Waals surface area contributed by atoms with Crippen molar-refractivity contribution in [3.63, 3.8) is 0 Å². The minimum Gasteiger partial charge on any atom is -0.394 e. The molecule has 0 bridgehead atoms. The van der Waals surface area contributed by atoms with Gasteiger partial charge >= 0.3 is 0 Å². The molecule has 2 fully saturated rings. The molecule has 3 heteroatoms. The van der Waals surface area contributed by atoms with E-state index in [0.29, 0.717) is 6.61 Å². The topological polar surface area (TPSA) is 32.3 Å². The van der Waals surface area contributed by atoms with Crippen LogP contribution < -0.4 is 5.32 Å². The van der Waals surface area contributed by atoms with Gasteiger partial charge in [-0.05, 0) is 45.1 Å². The molecule has 2 saturated carbocycles. The highest BCUT2D eigenvalue weighted by Gasteiger charge is 2.38. The number of rotatable bonds is 4. The molecule has 0 heterocycles. The largest absolute Gasteiger partial charge is 0.394 e. The van der Waals surface area contributed by atoms with E-state index in [-0.39, 0.29) is 5.54 Å². The molecule has 0 aromatic carbocycles. The van der Waals surface area contributed by atoms with E-state index in [1.807, 2.05) is 7.05 Å². The third-order valence-corrected chi connectivity index (χ3v) is 6.27. The third kappa shape index (κ3) is 3.39. The van der Waals surface area contributed by atoms with Gasteiger partial charge in [0.05, 0.1) is 6.61 Å². The van der Waals surface area contributed by atoms with Crippen molar-refractivity contribution < 1.29 is 5.11 Å². The number of aliphatic hydroxyl groups excluding tert-OH is 1. The van der Waals surface area contributed by atoms with Gasteiger partial charge in [-0.2, -0.15) is 11.8 Å². The van der Waals surface area contributed by atoms with Crippen molar-refractivity contribution in [2.24, 2.45) is 5.92 Å². The third-order valence-electron chi connectivity index (χ3n) is 4.67. The summed E-state index contributed by atoms with van der Waals surface area (Å²) in [6.07, 6.45) is 9.23. The molecule has 100 valence electrons. The summed E-state index contributed by atoms with van der Waals surface area (Å²) in [5.74, 6) is 0.926. The number of hydrogen-bond donors (Lipinski definition) is 2. The van der Waals surface area contributed by atoms with Gasteiger partial charge in [-0.1, -0.05) is 19.8 Å². The summed E-state index contributed by atoms with van der Waals surface area (Å²) in [5.41, 5.74) is 0.0257. The Morgan fingerprint density at radius 2 is 2.12 bits per heavy atom. The van der Waals surface area contributed by atoms with Crippen LogP contribution in [0, 0.1) is 5.92 Å². The van der Waals surface area contributed by atoms with E-state index < -0.39 is 0 Å². The number of nitrogens with one attached hydrogen (secondary N) is 1. The van der Waals surface area contributed by atoms with Crippen LogP contribution in [0.4, 0.5) is 0 Å². The fourth-order valence-electron chi connectivity index (χ4n) is 3.42. The van der Waals surface area contributed by atoms with Crippen molar-refractivity contribution in [2.45, 2.75) is 67.9 Å². The maximum Gasteiger partial charge on any atom is 0.0613 e. The number of likely N-dealkylation sites (N-methyl/N-ethyl adjacent to an activating group) is 1. The monoisotopic (exact) mass is 257 g/mol. The zero-order valence-corrected chi connectivity index (χ0v) is 12.1. The first-order chi connectivity index (χ1) is 8.17. The molecule has 0 aromatic rings. The van der Waals surface area contributed by atoms with Crippen LogP contribution in [-0.4, -0.2) is 34.8 Å². The standard InChI is InChI=1S/C14H27NOS/c1-11-4-3-5-12(8-11)17-13-6-7-14(9-13,10-16)15-2/h11-13,15-16H,3-10H2,1-2H3. The van der Waals surface area contributed by atoms with Crippen LogP contribution in [-0.2, 0) is 0 Å². The molecule has 0 amide bonds. The Bertz CT molecular complexity index is 242. The van der Waals surface area contributed by atoms with Crippen LogP contribution in [0.1, 0.15) is 51.9 Å². The summed E-state index contributed by atoms with van der Waals surface area (Å²) in [6.45, 7) is 2.69. The number of hydrogen-bond acceptors (Lipinski definition) is 3. The zero-order chi connectivity index (χ0) is 12.3. The van der Waals surface area contributed by atoms with E-state index in [4.69, 9.17) is 0 Å². The lowest BCUT2D eigenvalue weighted by Crippen LogP contribution is -2.44. The van der Waals surface area contributed by atoms with E-state index in [9.17, 15) is 5.11 Å². The summed E-state index contributed by atoms with van der Waals surface area (Å²) in [6, 6.07) is 0. The van der Waals surface area contributed by atoms with E-state index in [1.54, 1.807) is 0 Å². The summed E-state index contributed by atoms with van der Waals surface area (Å²) in [5, 5.41) is 14.5. The van der Waals surface area contributed by atoms with Crippen molar-refractivity contribution in [2.75, 3.05) is 13.7 Å². The van der Waals surface area contributed by atoms with Crippen LogP contribution in [0.2, 0.25) is 0 Å². The lowest BCUT2D eigenvalue weighted by molar-refractivity contribution is 0.173. The Hall–Kier alpha value is 0.270. The molecule has 2 aliphatic carbocycles. The first-order valence-electron chi connectivity index (χ1n) is 7.13. The van der Waals surface area contributed by atoms with Gasteiger partial charge in [0.25, 0.3) is 0 Å². The SMILES string of the molecule is CNC1(CO)CCC(SC2CCCC(C)C2)C1. The molecule has 0 spiro atoms. The number of thioether (sulfide) groups is 1. The van der Waals surface area contributed by atoms with Crippen LogP contribution in [0.25, 0.3) is 0 Å². The smallest absolute Gasteiger partial charge is 0.0613 e. The first-order valence-corrected chi connectivity index (χ1v) is 8.07. The summed E-state index contributed by atoms with van der Waals surface area (Å²) < 4.78 is 0. The molecule has 4 atom stereocenters. The maximum absolute atomic E-state index is 9.51. The van der Waals surface area contributed by atoms with Gasteiger partial charge in [-0.15, -0.1) is 0 Å². The van der Waals surface area contributed by atoms with E-state index in [0.717, 1.165) is 29.3 Å². The highest BCUT2D eigenvalue weighted by molar-refractivity contribution is 8.00. The molecule has 0 radical (unpaired) electrons. The summed E-state index contributed by atoms with van der Waals surface area (Å²) >= 11 is 2.21. The van der Waals surface area contributed by atoms with Gasteiger partial charge in [-0.3, -0.25) is 0 Å². The molecule has 17 heavy (non-hydrogen) atoms. The van der Waals surface area contributed by atoms with Crippen LogP contribution in [0.5, 0.6) is 0 Å². The van der Waals surface area contributed by atoms with Gasteiger partial charge in [0.2, 0.25) is 0 Å². The van der Waals surface area contributed by atoms with Crippen LogP contribution in [0.15, 0.2) is 0 Å². The van der Waals surface area contributed by atoms with Gasteiger partial charge in [0, 0.05) is 16.0 Å². The molecular formula is C14H27NOS. The average molecular weight is 257 g/mol. The highest BCUT2D eigenvalue weighted by Crippen LogP contribution is 2.42. The van der Waals surface area contributed by atoms with E-state index in [2.05, 4.69) is 24.0 Å². The van der Waals surface area contributed by atoms with Crippen molar-refractivity contribution in [3.05, 3.63) is 0 Å². The fraction of sp³-hybridized carbons (Fsp3) is 1.00. The number of aliphatic hydroxyl groups is 1. The van der Waals surface area contributed by atoms with Crippen molar-refractivity contribution in [3.8, 4) is 0 Å². The minimum absolute atomic E-state index is 0.0257. The second-order valence-electron chi connectivity index (χ2n) is 6.08. The Morgan fingerprint density at radius 3 is 2.71 bits per heavy atom. The molecule has 4 unspecified atom stereocenters. The Balaban J connectivity index is 1.81. The second-order valence-corrected chi connectivity index (χ2v) is 7.69. The minimum atomic E-state index is 0.0257. The van der Waals surface area contributed by atoms with Crippen LogP contribution >= 0.6 is 11.8 Å². The highest BCUT2D eigenvalue weighted by atomic mass is 32.2. The van der Waals surface area contributed by atoms with Gasteiger partial charge < -0.3 is 10.4 Å². The molecule has 0 aliphatic heterocycles. The molecule has 2 rings (SSSR count). The second kappa shape index (κ2) is 5.94. The van der Waals surface area contributed by atoms with Crippen molar-refractivity contribution >= 4 is 11.8 Å². The normalized spacial score (nSPS) is 42.9. The molecule has 2 aliphatic rings. The maximum atomic E-state index is 9.51. The lowest BCUT2D eigenvalue weighted by Gasteiger charge is -2.30. The average Bonchev–Trinajstić information content (AvgIpc) is 2.73. The lowest BCUT2D eigenvalue weighted by atomic mass is 9.91. The zero-order valence-electron chi connectivity index (χ0n) is 11.2. The predicted octanol–water partition coefficient (Wildman–Crippen LogP) is 2.80. The van der Waals surface area contributed by atoms with Crippen molar-refractivity contribution in [1.82, 2.24) is 5.32 Å². The van der Waals surface area contributed by atoms with Gasteiger partial charge in [0.15, 0.2) is 0 Å². The Kier molecular flexibility index (Phi) is 4.79. The molecule has 0 aromatic heterocycles. The van der Waals surface area contributed by atoms with Crippen molar-refractivity contribution in [1.29, 1.82) is 0 Å². The van der Waals surface area contributed by atoms with Gasteiger partial charge in [0.1, 0.15) is 0 Å². The molecular weight excluding hydrogens is 230 g/mol. The van der Waals surface area contributed by atoms with Crippen LogP contribution in [0.3, 0.4) is 0 Å². The Morgan fingerprint density at radius 1 is 1.29 bits per heavy atom. The summed E-state index contributed by atoms with van der Waals surface area (Å²) in [7, 11) is 1.99. The Labute approximate surface area is 110 Å². The summed E-state index contributed by atoms with van der Waals surface area (Å²) in [4.78, 5) is 0. The van der Waals surface area contributed by atoms with E-state index >= 15 is 0 Å². The molecule has 2 N–H and O–H groups in total. The van der Waals surface area contributed by atoms with E-state index in [1.165, 1.54) is 32.1 Å².